The van der Waals surface area contributed by atoms with Gasteiger partial charge in [0.25, 0.3) is 0 Å². The van der Waals surface area contributed by atoms with Gasteiger partial charge in [-0.1, -0.05) is 6.07 Å². The predicted molar refractivity (Wildman–Crippen MR) is 98.4 cm³/mol. The van der Waals surface area contributed by atoms with E-state index in [1.807, 2.05) is 12.3 Å². The molecule has 0 bridgehead atoms. The van der Waals surface area contributed by atoms with Gasteiger partial charge < -0.3 is 15.2 Å². The maximum atomic E-state index is 4.78. The minimum atomic E-state index is 0.939. The number of nitrogens with one attached hydrogen (secondary N) is 2. The van der Waals surface area contributed by atoms with Crippen LogP contribution in [0.1, 0.15) is 17.5 Å². The molecule has 1 aliphatic rings. The lowest BCUT2D eigenvalue weighted by Crippen LogP contribution is -2.13. The zero-order valence-electron chi connectivity index (χ0n) is 14.3. The zero-order valence-corrected chi connectivity index (χ0v) is 14.3. The average Bonchev–Trinajstić information content (AvgIpc) is 3.19. The molecule has 5 nitrogen and oxygen atoms in total. The largest absolute Gasteiger partial charge is 0.384 e. The number of aromatic amines is 1. The molecule has 2 N–H and O–H groups in total. The van der Waals surface area contributed by atoms with E-state index >= 15 is 0 Å². The number of anilines is 1. The number of imidazole rings is 1. The van der Waals surface area contributed by atoms with Crippen LogP contribution in [0.5, 0.6) is 0 Å². The molecular weight excluding hydrogens is 298 g/mol. The van der Waals surface area contributed by atoms with Gasteiger partial charge in [-0.3, -0.25) is 4.98 Å². The van der Waals surface area contributed by atoms with Gasteiger partial charge in [0.15, 0.2) is 0 Å². The van der Waals surface area contributed by atoms with E-state index < -0.39 is 0 Å². The van der Waals surface area contributed by atoms with Crippen molar-refractivity contribution in [2.75, 3.05) is 32.5 Å². The quantitative estimate of drug-likeness (QED) is 0.758. The number of hydrogen-bond acceptors (Lipinski definition) is 4. The first-order valence-electron chi connectivity index (χ1n) is 8.55. The number of pyridine rings is 1. The summed E-state index contributed by atoms with van der Waals surface area (Å²) in [5.41, 5.74) is 7.22. The normalized spacial score (nSPS) is 13.5. The van der Waals surface area contributed by atoms with Crippen LogP contribution in [0.15, 0.2) is 30.6 Å². The van der Waals surface area contributed by atoms with Crippen molar-refractivity contribution in [3.8, 4) is 11.4 Å². The van der Waals surface area contributed by atoms with Crippen LogP contribution in [0, 0.1) is 0 Å². The number of hydrogen-bond donors (Lipinski definition) is 2. The summed E-state index contributed by atoms with van der Waals surface area (Å²) in [4.78, 5) is 14.6. The number of rotatable bonds is 5. The molecule has 0 fully saturated rings. The van der Waals surface area contributed by atoms with Gasteiger partial charge in [0.05, 0.1) is 17.2 Å². The second-order valence-electron chi connectivity index (χ2n) is 6.73. The smallest absolute Gasteiger partial charge is 0.138 e. The van der Waals surface area contributed by atoms with Crippen LogP contribution in [-0.4, -0.2) is 47.0 Å². The SMILES string of the molecule is CN(C)CCCc1cc2c(cc1-c1nc3ccncc3[nH]1)NCC2. The summed E-state index contributed by atoms with van der Waals surface area (Å²) in [5.74, 6) is 0.939. The van der Waals surface area contributed by atoms with E-state index in [1.54, 1.807) is 6.20 Å². The van der Waals surface area contributed by atoms with Crippen LogP contribution in [0.3, 0.4) is 0 Å². The van der Waals surface area contributed by atoms with E-state index in [-0.39, 0.29) is 0 Å². The fraction of sp³-hybridized carbons (Fsp3) is 0.368. The molecule has 5 heteroatoms. The van der Waals surface area contributed by atoms with E-state index in [9.17, 15) is 0 Å². The van der Waals surface area contributed by atoms with Crippen LogP contribution in [0.25, 0.3) is 22.4 Å². The number of benzene rings is 1. The van der Waals surface area contributed by atoms with E-state index in [2.05, 4.69) is 46.4 Å². The Morgan fingerprint density at radius 3 is 3.00 bits per heavy atom. The highest BCUT2D eigenvalue weighted by atomic mass is 15.0. The minimum absolute atomic E-state index is 0.939. The molecule has 2 aromatic heterocycles. The summed E-state index contributed by atoms with van der Waals surface area (Å²) in [7, 11) is 4.25. The first-order valence-corrected chi connectivity index (χ1v) is 8.55. The summed E-state index contributed by atoms with van der Waals surface area (Å²) in [6, 6.07) is 6.58. The first kappa shape index (κ1) is 15.1. The number of aryl methyl sites for hydroxylation is 1. The molecule has 3 heterocycles. The number of nitrogens with zero attached hydrogens (tertiary/aromatic N) is 3. The third-order valence-electron chi connectivity index (χ3n) is 4.63. The summed E-state index contributed by atoms with van der Waals surface area (Å²) >= 11 is 0. The van der Waals surface area contributed by atoms with Crippen LogP contribution < -0.4 is 5.32 Å². The molecule has 3 aromatic rings. The molecule has 124 valence electrons. The topological polar surface area (TPSA) is 56.8 Å². The van der Waals surface area contributed by atoms with Gasteiger partial charge in [0, 0.05) is 24.0 Å². The lowest BCUT2D eigenvalue weighted by molar-refractivity contribution is 0.400. The monoisotopic (exact) mass is 321 g/mol. The minimum Gasteiger partial charge on any atom is -0.384 e. The van der Waals surface area contributed by atoms with Gasteiger partial charge in [-0.2, -0.15) is 0 Å². The Morgan fingerprint density at radius 1 is 1.25 bits per heavy atom. The maximum absolute atomic E-state index is 4.78. The van der Waals surface area contributed by atoms with E-state index in [1.165, 1.54) is 22.4 Å². The van der Waals surface area contributed by atoms with Crippen molar-refractivity contribution in [2.24, 2.45) is 0 Å². The number of fused-ring (bicyclic) bond motifs is 2. The molecule has 0 unspecified atom stereocenters. The van der Waals surface area contributed by atoms with Crippen molar-refractivity contribution in [2.45, 2.75) is 19.3 Å². The first-order chi connectivity index (χ1) is 11.7. The van der Waals surface area contributed by atoms with Crippen molar-refractivity contribution in [1.29, 1.82) is 0 Å². The molecule has 0 atom stereocenters. The molecule has 0 spiro atoms. The van der Waals surface area contributed by atoms with Crippen LogP contribution in [0.4, 0.5) is 5.69 Å². The fourth-order valence-electron chi connectivity index (χ4n) is 3.40. The van der Waals surface area contributed by atoms with Gasteiger partial charge in [0.1, 0.15) is 5.82 Å². The molecule has 0 amide bonds. The molecule has 0 saturated carbocycles. The second kappa shape index (κ2) is 6.24. The highest BCUT2D eigenvalue weighted by molar-refractivity contribution is 5.80. The molecule has 0 radical (unpaired) electrons. The second-order valence-corrected chi connectivity index (χ2v) is 6.73. The third kappa shape index (κ3) is 2.87. The third-order valence-corrected chi connectivity index (χ3v) is 4.63. The molecule has 1 aliphatic heterocycles. The van der Waals surface area contributed by atoms with Crippen LogP contribution in [0.2, 0.25) is 0 Å². The Hall–Kier alpha value is -2.40. The molecule has 0 saturated heterocycles. The van der Waals surface area contributed by atoms with Crippen molar-refractivity contribution in [1.82, 2.24) is 19.9 Å². The van der Waals surface area contributed by atoms with E-state index in [4.69, 9.17) is 4.98 Å². The van der Waals surface area contributed by atoms with E-state index in [0.717, 1.165) is 49.2 Å². The molecule has 4 rings (SSSR count). The molecule has 0 aliphatic carbocycles. The van der Waals surface area contributed by atoms with Crippen LogP contribution >= 0.6 is 0 Å². The summed E-state index contributed by atoms with van der Waals surface area (Å²) in [6.45, 7) is 2.12. The lowest BCUT2D eigenvalue weighted by atomic mass is 9.97. The molecule has 24 heavy (non-hydrogen) atoms. The predicted octanol–water partition coefficient (Wildman–Crippen LogP) is 3.09. The van der Waals surface area contributed by atoms with Gasteiger partial charge >= 0.3 is 0 Å². The Kier molecular flexibility index (Phi) is 3.94. The van der Waals surface area contributed by atoms with Gasteiger partial charge in [0.2, 0.25) is 0 Å². The summed E-state index contributed by atoms with van der Waals surface area (Å²) in [6.07, 6.45) is 6.95. The average molecular weight is 321 g/mol. The van der Waals surface area contributed by atoms with Gasteiger partial charge in [-0.15, -0.1) is 0 Å². The zero-order chi connectivity index (χ0) is 16.5. The van der Waals surface area contributed by atoms with Crippen LogP contribution in [-0.2, 0) is 12.8 Å². The Bertz CT molecular complexity index is 832. The number of aromatic nitrogens is 3. The van der Waals surface area contributed by atoms with Gasteiger partial charge in [-0.05, 0) is 63.2 Å². The van der Waals surface area contributed by atoms with Crippen molar-refractivity contribution in [3.05, 3.63) is 41.7 Å². The number of H-pyrrole nitrogens is 1. The summed E-state index contributed by atoms with van der Waals surface area (Å²) in [5, 5.41) is 3.48. The Morgan fingerprint density at radius 2 is 2.17 bits per heavy atom. The molecule has 1 aromatic carbocycles. The van der Waals surface area contributed by atoms with E-state index in [0.29, 0.717) is 0 Å². The summed E-state index contributed by atoms with van der Waals surface area (Å²) < 4.78 is 0. The fourth-order valence-corrected chi connectivity index (χ4v) is 3.40. The van der Waals surface area contributed by atoms with Crippen molar-refractivity contribution >= 4 is 16.7 Å². The highest BCUT2D eigenvalue weighted by Gasteiger charge is 2.17. The maximum Gasteiger partial charge on any atom is 0.138 e. The van der Waals surface area contributed by atoms with Gasteiger partial charge in [-0.25, -0.2) is 4.98 Å². The highest BCUT2D eigenvalue weighted by Crippen LogP contribution is 2.33. The van der Waals surface area contributed by atoms with Crippen molar-refractivity contribution in [3.63, 3.8) is 0 Å². The Balaban J connectivity index is 1.74. The standard InChI is InChI=1S/C19H23N5/c1-24(2)9-3-4-13-10-14-5-8-21-17(14)11-15(13)19-22-16-6-7-20-12-18(16)23-19/h6-7,10-12,21H,3-5,8-9H2,1-2H3,(H,22,23). The molecular formula is C19H23N5. The Labute approximate surface area is 142 Å². The lowest BCUT2D eigenvalue weighted by Gasteiger charge is -2.13. The van der Waals surface area contributed by atoms with Crippen molar-refractivity contribution < 1.29 is 0 Å².